The van der Waals surface area contributed by atoms with Crippen LogP contribution in [0.25, 0.3) is 10.9 Å². The Kier molecular flexibility index (Phi) is 4.47. The molecule has 2 rings (SSSR count). The second kappa shape index (κ2) is 5.98. The summed E-state index contributed by atoms with van der Waals surface area (Å²) in [7, 11) is 5.12. The summed E-state index contributed by atoms with van der Waals surface area (Å²) in [6.45, 7) is 6.30. The first-order valence-electron chi connectivity index (χ1n) is 6.88. The fraction of sp³-hybridized carbons (Fsp3) is 0.438. The topological polar surface area (TPSA) is 43.4 Å². The van der Waals surface area contributed by atoms with Gasteiger partial charge in [-0.25, -0.2) is 4.98 Å². The molecule has 0 saturated heterocycles. The fourth-order valence-electron chi connectivity index (χ4n) is 2.81. The second-order valence-corrected chi connectivity index (χ2v) is 5.62. The molecular formula is C16H21ClN2O2. The molecule has 0 radical (unpaired) electrons. The molecule has 21 heavy (non-hydrogen) atoms. The Balaban J connectivity index is 3.05. The molecule has 4 nitrogen and oxygen atoms in total. The molecule has 2 aromatic rings. The Morgan fingerprint density at radius 1 is 1.24 bits per heavy atom. The van der Waals surface area contributed by atoms with Gasteiger partial charge in [0.25, 0.3) is 0 Å². The molecule has 114 valence electrons. The van der Waals surface area contributed by atoms with Crippen molar-refractivity contribution in [2.45, 2.75) is 26.7 Å². The van der Waals surface area contributed by atoms with Gasteiger partial charge < -0.3 is 14.8 Å². The van der Waals surface area contributed by atoms with Crippen LogP contribution >= 0.6 is 11.6 Å². The van der Waals surface area contributed by atoms with Crippen molar-refractivity contribution in [2.75, 3.05) is 26.6 Å². The number of hydrogen-bond acceptors (Lipinski definition) is 4. The maximum atomic E-state index is 6.33. The van der Waals surface area contributed by atoms with Crippen molar-refractivity contribution in [1.82, 2.24) is 4.98 Å². The van der Waals surface area contributed by atoms with Crippen molar-refractivity contribution >= 4 is 28.2 Å². The number of anilines is 1. The Labute approximate surface area is 130 Å². The number of aromatic nitrogens is 1. The summed E-state index contributed by atoms with van der Waals surface area (Å²) < 4.78 is 10.9. The smallest absolute Gasteiger partial charge is 0.149 e. The van der Waals surface area contributed by atoms with Crippen molar-refractivity contribution in [2.24, 2.45) is 0 Å². The van der Waals surface area contributed by atoms with Crippen LogP contribution in [0.3, 0.4) is 0 Å². The van der Waals surface area contributed by atoms with Crippen molar-refractivity contribution in [3.8, 4) is 11.5 Å². The fourth-order valence-corrected chi connectivity index (χ4v) is 3.08. The van der Waals surface area contributed by atoms with Gasteiger partial charge in [0.15, 0.2) is 0 Å². The average molecular weight is 309 g/mol. The van der Waals surface area contributed by atoms with E-state index in [1.165, 1.54) is 0 Å². The van der Waals surface area contributed by atoms with Crippen LogP contribution in [0.15, 0.2) is 6.07 Å². The molecular weight excluding hydrogens is 288 g/mol. The van der Waals surface area contributed by atoms with Gasteiger partial charge in [0, 0.05) is 18.8 Å². The molecule has 1 heterocycles. The molecule has 0 unspecified atom stereocenters. The Morgan fingerprint density at radius 3 is 2.38 bits per heavy atom. The summed E-state index contributed by atoms with van der Waals surface area (Å²) in [4.78, 5) is 4.72. The molecule has 0 amide bonds. The van der Waals surface area contributed by atoms with Gasteiger partial charge in [0.1, 0.15) is 17.0 Å². The summed E-state index contributed by atoms with van der Waals surface area (Å²) in [5.74, 6) is 1.59. The van der Waals surface area contributed by atoms with Gasteiger partial charge in [-0.1, -0.05) is 25.4 Å². The summed E-state index contributed by atoms with van der Waals surface area (Å²) >= 11 is 6.33. The molecule has 1 aromatic heterocycles. The number of halogens is 1. The molecule has 0 bridgehead atoms. The predicted molar refractivity (Wildman–Crippen MR) is 88.2 cm³/mol. The second-order valence-electron chi connectivity index (χ2n) is 5.21. The van der Waals surface area contributed by atoms with E-state index in [-0.39, 0.29) is 0 Å². The minimum absolute atomic E-state index is 0.332. The van der Waals surface area contributed by atoms with Crippen molar-refractivity contribution in [3.63, 3.8) is 0 Å². The molecule has 0 aliphatic carbocycles. The summed E-state index contributed by atoms with van der Waals surface area (Å²) in [6, 6.07) is 1.74. The van der Waals surface area contributed by atoms with Gasteiger partial charge in [-0.05, 0) is 18.4 Å². The molecule has 0 aliphatic rings. The quantitative estimate of drug-likeness (QED) is 0.910. The van der Waals surface area contributed by atoms with E-state index in [9.17, 15) is 0 Å². The van der Waals surface area contributed by atoms with E-state index < -0.39 is 0 Å². The Bertz CT molecular complexity index is 684. The molecule has 0 atom stereocenters. The minimum Gasteiger partial charge on any atom is -0.494 e. The van der Waals surface area contributed by atoms with Crippen LogP contribution in [0.2, 0.25) is 5.02 Å². The predicted octanol–water partition coefficient (Wildman–Crippen LogP) is 4.38. The van der Waals surface area contributed by atoms with Gasteiger partial charge in [-0.15, -0.1) is 0 Å². The number of aryl methyl sites for hydroxylation is 1. The van der Waals surface area contributed by atoms with Crippen LogP contribution in [-0.2, 0) is 0 Å². The van der Waals surface area contributed by atoms with Crippen LogP contribution < -0.4 is 14.8 Å². The third-order valence-corrected chi connectivity index (χ3v) is 3.89. The molecule has 0 aliphatic heterocycles. The zero-order chi connectivity index (χ0) is 15.7. The van der Waals surface area contributed by atoms with Crippen LogP contribution in [0, 0.1) is 6.92 Å². The first-order valence-corrected chi connectivity index (χ1v) is 7.26. The summed E-state index contributed by atoms with van der Waals surface area (Å²) in [5, 5.41) is 4.65. The highest BCUT2D eigenvalue weighted by Crippen LogP contribution is 2.45. The SMILES string of the molecule is CNc1c(C(C)C)c(C)nc2c(OC)cc(Cl)c(OC)c12. The van der Waals surface area contributed by atoms with E-state index in [2.05, 4.69) is 19.2 Å². The number of benzene rings is 1. The van der Waals surface area contributed by atoms with E-state index in [0.29, 0.717) is 22.4 Å². The van der Waals surface area contributed by atoms with Gasteiger partial charge in [-0.2, -0.15) is 0 Å². The third-order valence-electron chi connectivity index (χ3n) is 3.61. The number of hydrogen-bond donors (Lipinski definition) is 1. The van der Waals surface area contributed by atoms with Crippen LogP contribution in [-0.4, -0.2) is 26.3 Å². The van der Waals surface area contributed by atoms with Gasteiger partial charge in [0.05, 0.1) is 30.3 Å². The van der Waals surface area contributed by atoms with Crippen molar-refractivity contribution < 1.29 is 9.47 Å². The maximum Gasteiger partial charge on any atom is 0.149 e. The molecule has 0 saturated carbocycles. The van der Waals surface area contributed by atoms with Gasteiger partial charge in [-0.3, -0.25) is 0 Å². The first-order chi connectivity index (χ1) is 9.96. The van der Waals surface area contributed by atoms with Crippen molar-refractivity contribution in [3.05, 3.63) is 22.3 Å². The van der Waals surface area contributed by atoms with E-state index in [0.717, 1.165) is 27.8 Å². The number of rotatable bonds is 4. The standard InChI is InChI=1S/C16H21ClN2O2/c1-8(2)12-9(3)19-14-11(20-5)7-10(17)16(21-6)13(14)15(12)18-4/h7-8H,1-6H3,(H,18,19). The van der Waals surface area contributed by atoms with E-state index >= 15 is 0 Å². The number of methoxy groups -OCH3 is 2. The zero-order valence-corrected chi connectivity index (χ0v) is 14.1. The van der Waals surface area contributed by atoms with E-state index in [4.69, 9.17) is 26.1 Å². The summed E-state index contributed by atoms with van der Waals surface area (Å²) in [5.41, 5.74) is 3.88. The van der Waals surface area contributed by atoms with Gasteiger partial charge >= 0.3 is 0 Å². The average Bonchev–Trinajstić information content (AvgIpc) is 2.45. The van der Waals surface area contributed by atoms with Gasteiger partial charge in [0.2, 0.25) is 0 Å². The highest BCUT2D eigenvalue weighted by molar-refractivity contribution is 6.34. The maximum absolute atomic E-state index is 6.33. The normalized spacial score (nSPS) is 11.0. The first kappa shape index (κ1) is 15.7. The molecule has 1 N–H and O–H groups in total. The molecule has 5 heteroatoms. The lowest BCUT2D eigenvalue weighted by Crippen LogP contribution is -2.06. The third kappa shape index (κ3) is 2.48. The number of ether oxygens (including phenoxy) is 2. The zero-order valence-electron chi connectivity index (χ0n) is 13.3. The number of fused-ring (bicyclic) bond motifs is 1. The lowest BCUT2D eigenvalue weighted by atomic mass is 9.96. The summed E-state index contributed by atoms with van der Waals surface area (Å²) in [6.07, 6.45) is 0. The van der Waals surface area contributed by atoms with Crippen LogP contribution in [0.1, 0.15) is 31.0 Å². The van der Waals surface area contributed by atoms with E-state index in [1.54, 1.807) is 20.3 Å². The number of nitrogens with one attached hydrogen (secondary N) is 1. The Morgan fingerprint density at radius 2 is 1.90 bits per heavy atom. The molecule has 0 fully saturated rings. The number of pyridine rings is 1. The highest BCUT2D eigenvalue weighted by atomic mass is 35.5. The van der Waals surface area contributed by atoms with Crippen LogP contribution in [0.4, 0.5) is 5.69 Å². The number of nitrogens with zero attached hydrogens (tertiary/aromatic N) is 1. The van der Waals surface area contributed by atoms with Crippen molar-refractivity contribution in [1.29, 1.82) is 0 Å². The highest BCUT2D eigenvalue weighted by Gasteiger charge is 2.22. The van der Waals surface area contributed by atoms with Crippen LogP contribution in [0.5, 0.6) is 11.5 Å². The van der Waals surface area contributed by atoms with E-state index in [1.807, 2.05) is 14.0 Å². The minimum atomic E-state index is 0.332. The Hall–Kier alpha value is -1.68. The molecule has 1 aromatic carbocycles. The lowest BCUT2D eigenvalue weighted by molar-refractivity contribution is 0.410. The monoisotopic (exact) mass is 308 g/mol. The largest absolute Gasteiger partial charge is 0.494 e. The lowest BCUT2D eigenvalue weighted by Gasteiger charge is -2.21. The molecule has 0 spiro atoms.